The Hall–Kier alpha value is -3.06. The molecule has 3 amide bonds. The molecule has 2 aliphatic heterocycles. The number of hydrogen-bond acceptors (Lipinski definition) is 4. The third-order valence-corrected chi connectivity index (χ3v) is 5.45. The van der Waals surface area contributed by atoms with Gasteiger partial charge in [-0.1, -0.05) is 30.3 Å². The van der Waals surface area contributed by atoms with Crippen LogP contribution in [0.5, 0.6) is 5.75 Å². The number of likely N-dealkylation sites (tertiary alicyclic amines) is 1. The maximum Gasteiger partial charge on any atom is 0.322 e. The van der Waals surface area contributed by atoms with Crippen molar-refractivity contribution in [3.05, 3.63) is 59.7 Å². The summed E-state index contributed by atoms with van der Waals surface area (Å²) in [5.41, 5.74) is 8.61. The van der Waals surface area contributed by atoms with Gasteiger partial charge in [0.25, 0.3) is 5.91 Å². The van der Waals surface area contributed by atoms with Crippen LogP contribution in [0.25, 0.3) is 0 Å². The molecular formula is C21H24N4O3. The normalized spacial score (nSPS) is 21.7. The maximum absolute atomic E-state index is 13.1. The molecule has 2 atom stereocenters. The van der Waals surface area contributed by atoms with Crippen LogP contribution in [0.4, 0.5) is 10.5 Å². The minimum atomic E-state index is -0.185. The van der Waals surface area contributed by atoms with Crippen LogP contribution in [0.3, 0.4) is 0 Å². The van der Waals surface area contributed by atoms with Gasteiger partial charge in [-0.25, -0.2) is 4.79 Å². The molecule has 0 aliphatic carbocycles. The smallest absolute Gasteiger partial charge is 0.322 e. The summed E-state index contributed by atoms with van der Waals surface area (Å²) in [6.07, 6.45) is 0. The largest absolute Gasteiger partial charge is 0.495 e. The van der Waals surface area contributed by atoms with Gasteiger partial charge in [0.15, 0.2) is 0 Å². The van der Waals surface area contributed by atoms with Crippen molar-refractivity contribution in [2.75, 3.05) is 38.2 Å². The van der Waals surface area contributed by atoms with E-state index < -0.39 is 0 Å². The standard InChI is InChI=1S/C21H24N4O3/c1-28-19-8-7-15(11-18(19)25-10-9-23-21(25)27)20(26)24-12-16(17(22)13-24)14-5-3-2-4-6-14/h2-8,11,16-17H,9-10,12-13,22H2,1H3,(H,23,27)/t16-,17+/m0/s1. The molecule has 2 fully saturated rings. The summed E-state index contributed by atoms with van der Waals surface area (Å²) in [6, 6.07) is 15.0. The van der Waals surface area contributed by atoms with Crippen molar-refractivity contribution in [1.82, 2.24) is 10.2 Å². The number of anilines is 1. The Bertz CT molecular complexity index is 886. The average Bonchev–Trinajstić information content (AvgIpc) is 3.33. The lowest BCUT2D eigenvalue weighted by molar-refractivity contribution is 0.0789. The van der Waals surface area contributed by atoms with Crippen molar-refractivity contribution < 1.29 is 14.3 Å². The second kappa shape index (κ2) is 7.52. The molecule has 28 heavy (non-hydrogen) atoms. The summed E-state index contributed by atoms with van der Waals surface area (Å²) in [7, 11) is 1.55. The van der Waals surface area contributed by atoms with E-state index >= 15 is 0 Å². The number of methoxy groups -OCH3 is 1. The van der Waals surface area contributed by atoms with E-state index in [0.29, 0.717) is 43.2 Å². The Morgan fingerprint density at radius 1 is 1.18 bits per heavy atom. The Morgan fingerprint density at radius 3 is 2.64 bits per heavy atom. The lowest BCUT2D eigenvalue weighted by Gasteiger charge is -2.21. The molecule has 0 aromatic heterocycles. The number of carbonyl (C=O) groups excluding carboxylic acids is 2. The van der Waals surface area contributed by atoms with E-state index in [9.17, 15) is 9.59 Å². The maximum atomic E-state index is 13.1. The van der Waals surface area contributed by atoms with Crippen LogP contribution in [0.15, 0.2) is 48.5 Å². The molecule has 2 aromatic carbocycles. The monoisotopic (exact) mass is 380 g/mol. The van der Waals surface area contributed by atoms with Crippen LogP contribution in [0.2, 0.25) is 0 Å². The number of benzene rings is 2. The van der Waals surface area contributed by atoms with E-state index in [1.165, 1.54) is 0 Å². The molecule has 7 nitrogen and oxygen atoms in total. The molecule has 7 heteroatoms. The molecular weight excluding hydrogens is 356 g/mol. The number of rotatable bonds is 4. The van der Waals surface area contributed by atoms with Gasteiger partial charge in [-0.2, -0.15) is 0 Å². The van der Waals surface area contributed by atoms with Crippen LogP contribution in [-0.2, 0) is 0 Å². The van der Waals surface area contributed by atoms with E-state index in [0.717, 1.165) is 5.56 Å². The van der Waals surface area contributed by atoms with Gasteiger partial charge in [-0.05, 0) is 23.8 Å². The molecule has 0 radical (unpaired) electrons. The minimum absolute atomic E-state index is 0.0858. The fourth-order valence-electron chi connectivity index (χ4n) is 3.97. The fourth-order valence-corrected chi connectivity index (χ4v) is 3.97. The molecule has 0 unspecified atom stereocenters. The lowest BCUT2D eigenvalue weighted by atomic mass is 9.95. The van der Waals surface area contributed by atoms with Crippen molar-refractivity contribution in [2.24, 2.45) is 5.73 Å². The molecule has 0 bridgehead atoms. The molecule has 2 heterocycles. The number of nitrogens with one attached hydrogen (secondary N) is 1. The first kappa shape index (κ1) is 18.3. The molecule has 0 saturated carbocycles. The summed E-state index contributed by atoms with van der Waals surface area (Å²) in [5, 5.41) is 2.77. The summed E-state index contributed by atoms with van der Waals surface area (Å²) in [5.74, 6) is 0.596. The number of nitrogens with zero attached hydrogens (tertiary/aromatic N) is 2. The second-order valence-corrected chi connectivity index (χ2v) is 7.16. The van der Waals surface area contributed by atoms with Gasteiger partial charge >= 0.3 is 6.03 Å². The van der Waals surface area contributed by atoms with E-state index in [-0.39, 0.29) is 23.9 Å². The number of amides is 3. The van der Waals surface area contributed by atoms with Gasteiger partial charge in [0.2, 0.25) is 0 Å². The van der Waals surface area contributed by atoms with Crippen molar-refractivity contribution >= 4 is 17.6 Å². The highest BCUT2D eigenvalue weighted by Crippen LogP contribution is 2.32. The van der Waals surface area contributed by atoms with E-state index in [1.807, 2.05) is 18.2 Å². The zero-order valence-electron chi connectivity index (χ0n) is 15.8. The first-order valence-electron chi connectivity index (χ1n) is 9.41. The second-order valence-electron chi connectivity index (χ2n) is 7.16. The number of nitrogens with two attached hydrogens (primary N) is 1. The molecule has 2 aliphatic rings. The topological polar surface area (TPSA) is 87.9 Å². The molecule has 4 rings (SSSR count). The van der Waals surface area contributed by atoms with Crippen molar-refractivity contribution in [3.8, 4) is 5.75 Å². The molecule has 2 aromatic rings. The Kier molecular flexibility index (Phi) is 4.92. The van der Waals surface area contributed by atoms with E-state index in [2.05, 4.69) is 17.4 Å². The van der Waals surface area contributed by atoms with Crippen molar-refractivity contribution in [1.29, 1.82) is 0 Å². The van der Waals surface area contributed by atoms with Crippen LogP contribution >= 0.6 is 0 Å². The lowest BCUT2D eigenvalue weighted by Crippen LogP contribution is -2.32. The summed E-state index contributed by atoms with van der Waals surface area (Å²) >= 11 is 0. The Morgan fingerprint density at radius 2 is 1.96 bits per heavy atom. The Balaban J connectivity index is 1.57. The van der Waals surface area contributed by atoms with Gasteiger partial charge in [0.05, 0.1) is 12.8 Å². The average molecular weight is 380 g/mol. The van der Waals surface area contributed by atoms with Gasteiger partial charge in [-0.3, -0.25) is 9.69 Å². The third-order valence-electron chi connectivity index (χ3n) is 5.45. The predicted octanol–water partition coefficient (Wildman–Crippen LogP) is 1.79. The zero-order valence-corrected chi connectivity index (χ0v) is 15.8. The van der Waals surface area contributed by atoms with E-state index in [1.54, 1.807) is 35.1 Å². The molecule has 2 saturated heterocycles. The highest BCUT2D eigenvalue weighted by atomic mass is 16.5. The number of urea groups is 1. The van der Waals surface area contributed by atoms with Crippen LogP contribution in [0.1, 0.15) is 21.8 Å². The summed E-state index contributed by atoms with van der Waals surface area (Å²) in [4.78, 5) is 28.6. The third kappa shape index (κ3) is 3.29. The molecule has 3 N–H and O–H groups in total. The molecule has 0 spiro atoms. The first-order valence-corrected chi connectivity index (χ1v) is 9.41. The van der Waals surface area contributed by atoms with Gasteiger partial charge < -0.3 is 20.7 Å². The number of carbonyl (C=O) groups is 2. The van der Waals surface area contributed by atoms with Gasteiger partial charge in [0.1, 0.15) is 5.75 Å². The number of hydrogen-bond donors (Lipinski definition) is 2. The van der Waals surface area contributed by atoms with Crippen LogP contribution < -0.4 is 20.7 Å². The predicted molar refractivity (Wildman–Crippen MR) is 107 cm³/mol. The van der Waals surface area contributed by atoms with Gasteiger partial charge in [-0.15, -0.1) is 0 Å². The van der Waals surface area contributed by atoms with Gasteiger partial charge in [0, 0.05) is 43.7 Å². The highest BCUT2D eigenvalue weighted by molar-refractivity contribution is 6.00. The fraction of sp³-hybridized carbons (Fsp3) is 0.333. The summed E-state index contributed by atoms with van der Waals surface area (Å²) < 4.78 is 5.39. The number of ether oxygens (including phenoxy) is 1. The first-order chi connectivity index (χ1) is 13.6. The Labute approximate surface area is 164 Å². The quantitative estimate of drug-likeness (QED) is 0.847. The van der Waals surface area contributed by atoms with Crippen LogP contribution in [0, 0.1) is 0 Å². The summed E-state index contributed by atoms with van der Waals surface area (Å²) in [6.45, 7) is 2.19. The van der Waals surface area contributed by atoms with Crippen molar-refractivity contribution in [3.63, 3.8) is 0 Å². The minimum Gasteiger partial charge on any atom is -0.495 e. The SMILES string of the molecule is COc1ccc(C(=O)N2C[C@@H](N)[C@H](c3ccccc3)C2)cc1N1CCNC1=O. The zero-order chi connectivity index (χ0) is 19.7. The van der Waals surface area contributed by atoms with E-state index in [4.69, 9.17) is 10.5 Å². The highest BCUT2D eigenvalue weighted by Gasteiger charge is 2.35. The molecule has 146 valence electrons. The van der Waals surface area contributed by atoms with Crippen LogP contribution in [-0.4, -0.2) is 56.2 Å². The van der Waals surface area contributed by atoms with Crippen molar-refractivity contribution in [2.45, 2.75) is 12.0 Å².